The van der Waals surface area contributed by atoms with E-state index in [9.17, 15) is 9.59 Å². The highest BCUT2D eigenvalue weighted by atomic mass is 16.2. The molecule has 1 aromatic carbocycles. The Hall–Kier alpha value is -2.97. The van der Waals surface area contributed by atoms with E-state index in [4.69, 9.17) is 0 Å². The number of nitrogens with one attached hydrogen (secondary N) is 1. The zero-order valence-corrected chi connectivity index (χ0v) is 13.9. The van der Waals surface area contributed by atoms with Gasteiger partial charge in [0.05, 0.1) is 0 Å². The van der Waals surface area contributed by atoms with Gasteiger partial charge in [-0.1, -0.05) is 12.1 Å². The minimum atomic E-state index is -0.127. The Labute approximate surface area is 143 Å². The summed E-state index contributed by atoms with van der Waals surface area (Å²) in [6.07, 6.45) is 2.14. The van der Waals surface area contributed by atoms with Crippen LogP contribution in [0.2, 0.25) is 0 Å². The van der Waals surface area contributed by atoms with Crippen LogP contribution >= 0.6 is 0 Å². The van der Waals surface area contributed by atoms with Crippen LogP contribution in [0.1, 0.15) is 18.7 Å². The van der Waals surface area contributed by atoms with Crippen LogP contribution < -0.4 is 11.0 Å². The summed E-state index contributed by atoms with van der Waals surface area (Å²) < 4.78 is 3.05. The lowest BCUT2D eigenvalue weighted by atomic mass is 10.1. The Balaban J connectivity index is 1.39. The van der Waals surface area contributed by atoms with Gasteiger partial charge in [-0.2, -0.15) is 20.1 Å². The number of hydrogen-bond donors (Lipinski definition) is 1. The van der Waals surface area contributed by atoms with Crippen molar-refractivity contribution in [2.24, 2.45) is 7.05 Å². The number of fused-ring (bicyclic) bond motifs is 2. The second-order valence-electron chi connectivity index (χ2n) is 6.28. The molecule has 0 radical (unpaired) electrons. The van der Waals surface area contributed by atoms with Crippen LogP contribution in [0.25, 0.3) is 11.0 Å². The number of carbonyl (C=O) groups is 1. The molecule has 2 aromatic heterocycles. The largest absolute Gasteiger partial charge is 0.352 e. The van der Waals surface area contributed by atoms with Gasteiger partial charge >= 0.3 is 5.69 Å². The van der Waals surface area contributed by atoms with Crippen molar-refractivity contribution in [2.75, 3.05) is 0 Å². The molecule has 9 nitrogen and oxygen atoms in total. The molecule has 25 heavy (non-hydrogen) atoms. The van der Waals surface area contributed by atoms with Gasteiger partial charge < -0.3 is 5.32 Å². The summed E-state index contributed by atoms with van der Waals surface area (Å²) in [4.78, 5) is 25.7. The highest BCUT2D eigenvalue weighted by Gasteiger charge is 2.21. The fraction of sp³-hybridized carbons (Fsp3) is 0.438. The number of hydrogen-bond acceptors (Lipinski definition) is 5. The summed E-state index contributed by atoms with van der Waals surface area (Å²) in [5.74, 6) is 0.655. The van der Waals surface area contributed by atoms with Crippen LogP contribution in [0.15, 0.2) is 29.1 Å². The number of amides is 1. The van der Waals surface area contributed by atoms with E-state index in [2.05, 4.69) is 20.6 Å². The number of aryl methyl sites for hydroxylation is 2. The Morgan fingerprint density at radius 1 is 1.20 bits per heavy atom. The minimum absolute atomic E-state index is 0.0175. The molecule has 0 bridgehead atoms. The predicted molar refractivity (Wildman–Crippen MR) is 89.9 cm³/mol. The van der Waals surface area contributed by atoms with E-state index in [1.54, 1.807) is 11.6 Å². The van der Waals surface area contributed by atoms with Gasteiger partial charge in [-0.15, -0.1) is 0 Å². The third-order valence-corrected chi connectivity index (χ3v) is 4.48. The molecule has 1 unspecified atom stereocenters. The second-order valence-corrected chi connectivity index (χ2v) is 6.28. The number of benzene rings is 1. The van der Waals surface area contributed by atoms with Crippen LogP contribution in [0.4, 0.5) is 0 Å². The molecule has 1 atom stereocenters. The van der Waals surface area contributed by atoms with E-state index in [0.717, 1.165) is 23.3 Å². The molecule has 0 fully saturated rings. The van der Waals surface area contributed by atoms with E-state index in [-0.39, 0.29) is 24.2 Å². The SMILES string of the molecule is Cn1nc2n(c1=O)CCC(NC(=O)Cn1nc3ccccc3n1)CC2. The molecule has 4 rings (SSSR count). The van der Waals surface area contributed by atoms with Crippen LogP contribution in [0.5, 0.6) is 0 Å². The first-order valence-electron chi connectivity index (χ1n) is 8.32. The molecule has 1 aliphatic rings. The monoisotopic (exact) mass is 341 g/mol. The third-order valence-electron chi connectivity index (χ3n) is 4.48. The van der Waals surface area contributed by atoms with Gasteiger partial charge in [0.1, 0.15) is 23.4 Å². The minimum Gasteiger partial charge on any atom is -0.352 e. The first-order chi connectivity index (χ1) is 12.1. The van der Waals surface area contributed by atoms with Crippen molar-refractivity contribution in [3.8, 4) is 0 Å². The molecule has 0 spiro atoms. The van der Waals surface area contributed by atoms with Crippen LogP contribution in [0, 0.1) is 0 Å². The maximum Gasteiger partial charge on any atom is 0.345 e. The highest BCUT2D eigenvalue weighted by Crippen LogP contribution is 2.12. The molecule has 3 heterocycles. The first kappa shape index (κ1) is 15.6. The zero-order valence-electron chi connectivity index (χ0n) is 13.9. The molecule has 1 aliphatic heterocycles. The van der Waals surface area contributed by atoms with E-state index in [1.165, 1.54) is 9.48 Å². The molecule has 0 saturated heterocycles. The number of aromatic nitrogens is 6. The number of rotatable bonds is 3. The lowest BCUT2D eigenvalue weighted by Gasteiger charge is -2.15. The molecular weight excluding hydrogens is 322 g/mol. The highest BCUT2D eigenvalue weighted by molar-refractivity contribution is 5.77. The van der Waals surface area contributed by atoms with Crippen LogP contribution in [0.3, 0.4) is 0 Å². The Kier molecular flexibility index (Phi) is 3.83. The summed E-state index contributed by atoms with van der Waals surface area (Å²) in [6.45, 7) is 0.647. The average molecular weight is 341 g/mol. The van der Waals surface area contributed by atoms with E-state index in [1.807, 2.05) is 24.3 Å². The smallest absolute Gasteiger partial charge is 0.345 e. The van der Waals surface area contributed by atoms with Crippen molar-refractivity contribution in [1.82, 2.24) is 34.7 Å². The quantitative estimate of drug-likeness (QED) is 0.714. The normalized spacial score (nSPS) is 17.2. The number of nitrogens with zero attached hydrogens (tertiary/aromatic N) is 6. The standard InChI is InChI=1S/C16H19N7O2/c1-21-16(25)22-9-8-11(6-7-14(22)20-21)17-15(24)10-23-18-12-4-2-3-5-13(12)19-23/h2-5,11H,6-10H2,1H3,(H,17,24). The van der Waals surface area contributed by atoms with Crippen LogP contribution in [-0.4, -0.2) is 41.3 Å². The van der Waals surface area contributed by atoms with Crippen LogP contribution in [-0.2, 0) is 31.4 Å². The molecule has 9 heteroatoms. The zero-order chi connectivity index (χ0) is 17.4. The van der Waals surface area contributed by atoms with E-state index in [0.29, 0.717) is 19.4 Å². The molecular formula is C16H19N7O2. The summed E-state index contributed by atoms with van der Waals surface area (Å²) in [7, 11) is 1.66. The maximum absolute atomic E-state index is 12.3. The van der Waals surface area contributed by atoms with Crippen molar-refractivity contribution in [2.45, 2.75) is 38.4 Å². The second kappa shape index (κ2) is 6.15. The molecule has 1 N–H and O–H groups in total. The first-order valence-corrected chi connectivity index (χ1v) is 8.32. The predicted octanol–water partition coefficient (Wildman–Crippen LogP) is -0.152. The van der Waals surface area contributed by atoms with Crippen molar-refractivity contribution in [1.29, 1.82) is 0 Å². The molecule has 0 saturated carbocycles. The summed E-state index contributed by atoms with van der Waals surface area (Å²) in [5.41, 5.74) is 1.44. The van der Waals surface area contributed by atoms with Crippen molar-refractivity contribution >= 4 is 16.9 Å². The molecule has 3 aromatic rings. The van der Waals surface area contributed by atoms with E-state index >= 15 is 0 Å². The fourth-order valence-electron chi connectivity index (χ4n) is 3.22. The summed E-state index contributed by atoms with van der Waals surface area (Å²) >= 11 is 0. The molecule has 0 aliphatic carbocycles. The molecule has 130 valence electrons. The molecule has 1 amide bonds. The van der Waals surface area contributed by atoms with Gasteiger partial charge in [0.25, 0.3) is 0 Å². The van der Waals surface area contributed by atoms with Gasteiger partial charge in [0, 0.05) is 26.1 Å². The van der Waals surface area contributed by atoms with Gasteiger partial charge in [-0.05, 0) is 25.0 Å². The van der Waals surface area contributed by atoms with Crippen molar-refractivity contribution in [3.05, 3.63) is 40.6 Å². The summed E-state index contributed by atoms with van der Waals surface area (Å²) in [5, 5.41) is 15.9. The van der Waals surface area contributed by atoms with Gasteiger partial charge in [0.2, 0.25) is 5.91 Å². The summed E-state index contributed by atoms with van der Waals surface area (Å²) in [6, 6.07) is 7.53. The van der Waals surface area contributed by atoms with E-state index < -0.39 is 0 Å². The fourth-order valence-corrected chi connectivity index (χ4v) is 3.22. The Bertz CT molecular complexity index is 951. The topological polar surface area (TPSA) is 99.6 Å². The Morgan fingerprint density at radius 3 is 2.64 bits per heavy atom. The van der Waals surface area contributed by atoms with Crippen molar-refractivity contribution < 1.29 is 4.79 Å². The number of carbonyl (C=O) groups excluding carboxylic acids is 1. The van der Waals surface area contributed by atoms with Crippen molar-refractivity contribution in [3.63, 3.8) is 0 Å². The maximum atomic E-state index is 12.3. The Morgan fingerprint density at radius 2 is 1.92 bits per heavy atom. The lowest BCUT2D eigenvalue weighted by Crippen LogP contribution is -2.38. The average Bonchev–Trinajstić information content (AvgIpc) is 3.03. The third kappa shape index (κ3) is 3.04. The van der Waals surface area contributed by atoms with Gasteiger partial charge in [-0.25, -0.2) is 9.48 Å². The van der Waals surface area contributed by atoms with Gasteiger partial charge in [-0.3, -0.25) is 9.36 Å². The van der Waals surface area contributed by atoms with Gasteiger partial charge in [0.15, 0.2) is 0 Å². The lowest BCUT2D eigenvalue weighted by molar-refractivity contribution is -0.122.